The molecule has 2 aromatic rings. The molecule has 2 amide bonds. The molecule has 2 N–H and O–H groups in total. The van der Waals surface area contributed by atoms with Gasteiger partial charge in [-0.25, -0.2) is 4.79 Å². The van der Waals surface area contributed by atoms with E-state index in [0.29, 0.717) is 5.92 Å². The molecule has 0 aliphatic carbocycles. The van der Waals surface area contributed by atoms with Gasteiger partial charge in [-0.3, -0.25) is 4.98 Å². The summed E-state index contributed by atoms with van der Waals surface area (Å²) in [6.45, 7) is 1.56. The highest BCUT2D eigenvalue weighted by atomic mass is 16.2. The molecule has 0 spiro atoms. The standard InChI is InChI=1S/C16H19N3O/c17-16(20)19-9-6-12(7-10-19)11-13-5-8-18-15-4-2-1-3-14(13)15/h1-5,8,12H,6-7,9-11H2,(H2,17,20). The Morgan fingerprint density at radius 3 is 2.75 bits per heavy atom. The average Bonchev–Trinajstić information content (AvgIpc) is 2.48. The van der Waals surface area contributed by atoms with Crippen LogP contribution in [0.3, 0.4) is 0 Å². The molecule has 4 heteroatoms. The molecule has 0 saturated carbocycles. The minimum absolute atomic E-state index is 0.294. The second-order valence-electron chi connectivity index (χ2n) is 5.46. The van der Waals surface area contributed by atoms with Crippen molar-refractivity contribution >= 4 is 16.9 Å². The number of rotatable bonds is 2. The fourth-order valence-corrected chi connectivity index (χ4v) is 3.00. The van der Waals surface area contributed by atoms with Gasteiger partial charge in [-0.1, -0.05) is 18.2 Å². The highest BCUT2D eigenvalue weighted by Crippen LogP contribution is 2.25. The number of urea groups is 1. The molecular weight excluding hydrogens is 250 g/mol. The number of para-hydroxylation sites is 1. The molecule has 1 fully saturated rings. The topological polar surface area (TPSA) is 59.2 Å². The van der Waals surface area contributed by atoms with Crippen molar-refractivity contribution in [3.8, 4) is 0 Å². The van der Waals surface area contributed by atoms with Crippen LogP contribution in [0.15, 0.2) is 36.5 Å². The van der Waals surface area contributed by atoms with Crippen LogP contribution in [-0.4, -0.2) is 29.0 Å². The van der Waals surface area contributed by atoms with Crippen molar-refractivity contribution in [3.63, 3.8) is 0 Å². The number of fused-ring (bicyclic) bond motifs is 1. The fraction of sp³-hybridized carbons (Fsp3) is 0.375. The quantitative estimate of drug-likeness (QED) is 0.911. The summed E-state index contributed by atoms with van der Waals surface area (Å²) in [4.78, 5) is 17.3. The zero-order valence-corrected chi connectivity index (χ0v) is 11.5. The van der Waals surface area contributed by atoms with Crippen molar-refractivity contribution in [2.75, 3.05) is 13.1 Å². The van der Waals surface area contributed by atoms with Crippen LogP contribution in [0.2, 0.25) is 0 Å². The summed E-state index contributed by atoms with van der Waals surface area (Å²) in [5.74, 6) is 0.622. The van der Waals surface area contributed by atoms with Crippen LogP contribution in [0.25, 0.3) is 10.9 Å². The lowest BCUT2D eigenvalue weighted by Crippen LogP contribution is -2.41. The molecule has 1 aliphatic heterocycles. The van der Waals surface area contributed by atoms with E-state index < -0.39 is 0 Å². The number of nitrogens with zero attached hydrogens (tertiary/aromatic N) is 2. The van der Waals surface area contributed by atoms with Crippen molar-refractivity contribution in [2.24, 2.45) is 11.7 Å². The molecule has 1 saturated heterocycles. The molecule has 20 heavy (non-hydrogen) atoms. The molecule has 0 atom stereocenters. The number of primary amides is 1. The van der Waals surface area contributed by atoms with Gasteiger partial charge in [0, 0.05) is 24.7 Å². The van der Waals surface area contributed by atoms with E-state index in [0.717, 1.165) is 37.9 Å². The van der Waals surface area contributed by atoms with Crippen LogP contribution in [0.5, 0.6) is 0 Å². The van der Waals surface area contributed by atoms with Gasteiger partial charge in [0.15, 0.2) is 0 Å². The van der Waals surface area contributed by atoms with Gasteiger partial charge in [-0.15, -0.1) is 0 Å². The Bertz CT molecular complexity index is 613. The van der Waals surface area contributed by atoms with E-state index in [2.05, 4.69) is 29.2 Å². The number of hydrogen-bond donors (Lipinski definition) is 1. The van der Waals surface area contributed by atoms with Crippen LogP contribution in [0.1, 0.15) is 18.4 Å². The Morgan fingerprint density at radius 2 is 2.00 bits per heavy atom. The van der Waals surface area contributed by atoms with Gasteiger partial charge in [0.25, 0.3) is 0 Å². The van der Waals surface area contributed by atoms with E-state index in [4.69, 9.17) is 5.73 Å². The molecule has 1 aliphatic rings. The Kier molecular flexibility index (Phi) is 3.54. The first-order valence-corrected chi connectivity index (χ1v) is 7.11. The summed E-state index contributed by atoms with van der Waals surface area (Å²) in [6.07, 6.45) is 4.99. The lowest BCUT2D eigenvalue weighted by atomic mass is 9.89. The van der Waals surface area contributed by atoms with Crippen LogP contribution in [0.4, 0.5) is 4.79 Å². The molecule has 0 unspecified atom stereocenters. The van der Waals surface area contributed by atoms with E-state index in [1.165, 1.54) is 10.9 Å². The maximum absolute atomic E-state index is 11.1. The summed E-state index contributed by atoms with van der Waals surface area (Å²) in [5, 5.41) is 1.24. The first-order valence-electron chi connectivity index (χ1n) is 7.11. The van der Waals surface area contributed by atoms with E-state index in [1.807, 2.05) is 12.3 Å². The zero-order chi connectivity index (χ0) is 13.9. The second kappa shape index (κ2) is 5.49. The largest absolute Gasteiger partial charge is 0.351 e. The molecular formula is C16H19N3O. The first kappa shape index (κ1) is 12.9. The maximum atomic E-state index is 11.1. The fourth-order valence-electron chi connectivity index (χ4n) is 3.00. The number of carbonyl (C=O) groups is 1. The van der Waals surface area contributed by atoms with Crippen LogP contribution in [0, 0.1) is 5.92 Å². The predicted octanol–water partition coefficient (Wildman–Crippen LogP) is 2.57. The summed E-state index contributed by atoms with van der Waals surface area (Å²) in [5.41, 5.74) is 7.73. The Hall–Kier alpha value is -2.10. The third kappa shape index (κ3) is 2.59. The second-order valence-corrected chi connectivity index (χ2v) is 5.46. The molecule has 3 rings (SSSR count). The van der Waals surface area contributed by atoms with Gasteiger partial charge in [-0.05, 0) is 42.9 Å². The predicted molar refractivity (Wildman–Crippen MR) is 79.3 cm³/mol. The Morgan fingerprint density at radius 1 is 1.25 bits per heavy atom. The van der Waals surface area contributed by atoms with E-state index in [1.54, 1.807) is 4.90 Å². The number of likely N-dealkylation sites (tertiary alicyclic amines) is 1. The Labute approximate surface area is 118 Å². The normalized spacial score (nSPS) is 16.5. The monoisotopic (exact) mass is 269 g/mol. The number of aromatic nitrogens is 1. The molecule has 104 valence electrons. The lowest BCUT2D eigenvalue weighted by Gasteiger charge is -2.30. The molecule has 1 aromatic carbocycles. The van der Waals surface area contributed by atoms with Crippen LogP contribution in [-0.2, 0) is 6.42 Å². The molecule has 0 bridgehead atoms. The van der Waals surface area contributed by atoms with E-state index in [9.17, 15) is 4.79 Å². The third-order valence-electron chi connectivity index (χ3n) is 4.17. The van der Waals surface area contributed by atoms with Crippen molar-refractivity contribution in [3.05, 3.63) is 42.1 Å². The molecule has 1 aromatic heterocycles. The third-order valence-corrected chi connectivity index (χ3v) is 4.17. The number of benzene rings is 1. The number of carbonyl (C=O) groups excluding carboxylic acids is 1. The number of piperidine rings is 1. The van der Waals surface area contributed by atoms with Gasteiger partial charge < -0.3 is 10.6 Å². The van der Waals surface area contributed by atoms with Gasteiger partial charge in [0.05, 0.1) is 5.52 Å². The molecule has 4 nitrogen and oxygen atoms in total. The van der Waals surface area contributed by atoms with Crippen LogP contribution < -0.4 is 5.73 Å². The first-order chi connectivity index (χ1) is 9.74. The van der Waals surface area contributed by atoms with Gasteiger partial charge >= 0.3 is 6.03 Å². The van der Waals surface area contributed by atoms with Gasteiger partial charge in [0.1, 0.15) is 0 Å². The lowest BCUT2D eigenvalue weighted by molar-refractivity contribution is 0.179. The number of hydrogen-bond acceptors (Lipinski definition) is 2. The number of pyridine rings is 1. The minimum Gasteiger partial charge on any atom is -0.351 e. The SMILES string of the molecule is NC(=O)N1CCC(Cc2ccnc3ccccc23)CC1. The minimum atomic E-state index is -0.294. The van der Waals surface area contributed by atoms with Crippen LogP contribution >= 0.6 is 0 Å². The maximum Gasteiger partial charge on any atom is 0.314 e. The number of amides is 2. The number of nitrogens with two attached hydrogens (primary N) is 1. The summed E-state index contributed by atoms with van der Waals surface area (Å²) in [7, 11) is 0. The van der Waals surface area contributed by atoms with Crippen molar-refractivity contribution in [2.45, 2.75) is 19.3 Å². The Balaban J connectivity index is 1.73. The summed E-state index contributed by atoms with van der Waals surface area (Å²) in [6, 6.07) is 10.1. The zero-order valence-electron chi connectivity index (χ0n) is 11.5. The van der Waals surface area contributed by atoms with Gasteiger partial charge in [0.2, 0.25) is 0 Å². The van der Waals surface area contributed by atoms with Gasteiger partial charge in [-0.2, -0.15) is 0 Å². The highest BCUT2D eigenvalue weighted by molar-refractivity contribution is 5.81. The summed E-state index contributed by atoms with van der Waals surface area (Å²) >= 11 is 0. The molecule has 0 radical (unpaired) electrons. The summed E-state index contributed by atoms with van der Waals surface area (Å²) < 4.78 is 0. The van der Waals surface area contributed by atoms with Crippen molar-refractivity contribution in [1.82, 2.24) is 9.88 Å². The van der Waals surface area contributed by atoms with E-state index >= 15 is 0 Å². The average molecular weight is 269 g/mol. The highest BCUT2D eigenvalue weighted by Gasteiger charge is 2.21. The van der Waals surface area contributed by atoms with Crippen molar-refractivity contribution in [1.29, 1.82) is 0 Å². The van der Waals surface area contributed by atoms with Crippen molar-refractivity contribution < 1.29 is 4.79 Å². The smallest absolute Gasteiger partial charge is 0.314 e. The molecule has 2 heterocycles. The van der Waals surface area contributed by atoms with E-state index in [-0.39, 0.29) is 6.03 Å².